The molecule has 1 rings (SSSR count). The highest BCUT2D eigenvalue weighted by Gasteiger charge is 2.09. The van der Waals surface area contributed by atoms with Crippen molar-refractivity contribution in [1.29, 1.82) is 0 Å². The third kappa shape index (κ3) is 3.46. The van der Waals surface area contributed by atoms with Crippen molar-refractivity contribution in [3.8, 4) is 0 Å². The van der Waals surface area contributed by atoms with Crippen LogP contribution in [0.25, 0.3) is 0 Å². The number of Topliss-reactive ketones (excluding diaryl/α,β-unsaturated/α-hetero) is 1. The standard InChI is InChI=1S/C12H16O3/c1-9(13)7-10-5-4-6-11(8-10)12(14-2)15-3/h4-6,8,12H,7H2,1-3H3. The van der Waals surface area contributed by atoms with Crippen LogP contribution in [0.3, 0.4) is 0 Å². The molecule has 0 radical (unpaired) electrons. The maximum Gasteiger partial charge on any atom is 0.183 e. The number of carbonyl (C=O) groups is 1. The molecule has 1 aromatic carbocycles. The average molecular weight is 208 g/mol. The van der Waals surface area contributed by atoms with E-state index >= 15 is 0 Å². The van der Waals surface area contributed by atoms with Gasteiger partial charge in [0, 0.05) is 26.2 Å². The van der Waals surface area contributed by atoms with Gasteiger partial charge in [0.15, 0.2) is 6.29 Å². The first-order chi connectivity index (χ1) is 7.17. The third-order valence-corrected chi connectivity index (χ3v) is 2.10. The molecule has 0 unspecified atom stereocenters. The topological polar surface area (TPSA) is 35.5 Å². The Morgan fingerprint density at radius 3 is 2.53 bits per heavy atom. The summed E-state index contributed by atoms with van der Waals surface area (Å²) in [6, 6.07) is 7.67. The first-order valence-electron chi connectivity index (χ1n) is 4.81. The van der Waals surface area contributed by atoms with Crippen molar-refractivity contribution in [3.05, 3.63) is 35.4 Å². The molecule has 3 heteroatoms. The summed E-state index contributed by atoms with van der Waals surface area (Å²) in [5.41, 5.74) is 1.91. The minimum absolute atomic E-state index is 0.151. The van der Waals surface area contributed by atoms with E-state index < -0.39 is 0 Å². The summed E-state index contributed by atoms with van der Waals surface area (Å²) in [7, 11) is 3.18. The van der Waals surface area contributed by atoms with Gasteiger partial charge in [-0.3, -0.25) is 4.79 Å². The summed E-state index contributed by atoms with van der Waals surface area (Å²) in [6.45, 7) is 1.58. The number of carbonyl (C=O) groups excluding carboxylic acids is 1. The zero-order valence-electron chi connectivity index (χ0n) is 9.32. The summed E-state index contributed by atoms with van der Waals surface area (Å²) < 4.78 is 10.3. The molecule has 82 valence electrons. The zero-order chi connectivity index (χ0) is 11.3. The van der Waals surface area contributed by atoms with Crippen molar-refractivity contribution < 1.29 is 14.3 Å². The number of ether oxygens (including phenoxy) is 2. The Labute approximate surface area is 90.0 Å². The van der Waals surface area contributed by atoms with Crippen LogP contribution < -0.4 is 0 Å². The van der Waals surface area contributed by atoms with Crippen molar-refractivity contribution in [2.24, 2.45) is 0 Å². The van der Waals surface area contributed by atoms with Gasteiger partial charge in [0.05, 0.1) is 0 Å². The Hall–Kier alpha value is -1.19. The number of methoxy groups -OCH3 is 2. The second-order valence-electron chi connectivity index (χ2n) is 3.43. The van der Waals surface area contributed by atoms with Gasteiger partial charge >= 0.3 is 0 Å². The van der Waals surface area contributed by atoms with Gasteiger partial charge in [0.1, 0.15) is 5.78 Å². The SMILES string of the molecule is COC(OC)c1cccc(CC(C)=O)c1. The molecule has 0 aliphatic rings. The Morgan fingerprint density at radius 2 is 2.00 bits per heavy atom. The summed E-state index contributed by atoms with van der Waals surface area (Å²) in [4.78, 5) is 11.0. The first kappa shape index (κ1) is 11.9. The van der Waals surface area contributed by atoms with Crippen LogP contribution in [0, 0.1) is 0 Å². The molecule has 0 fully saturated rings. The second-order valence-corrected chi connectivity index (χ2v) is 3.43. The molecule has 15 heavy (non-hydrogen) atoms. The fourth-order valence-electron chi connectivity index (χ4n) is 1.51. The van der Waals surface area contributed by atoms with E-state index in [1.165, 1.54) is 0 Å². The monoisotopic (exact) mass is 208 g/mol. The molecule has 3 nitrogen and oxygen atoms in total. The first-order valence-corrected chi connectivity index (χ1v) is 4.81. The highest BCUT2D eigenvalue weighted by Crippen LogP contribution is 2.18. The molecule has 0 atom stereocenters. The fraction of sp³-hybridized carbons (Fsp3) is 0.417. The fourth-order valence-corrected chi connectivity index (χ4v) is 1.51. The minimum atomic E-state index is -0.364. The number of rotatable bonds is 5. The van der Waals surface area contributed by atoms with Gasteiger partial charge in [-0.05, 0) is 12.5 Å². The third-order valence-electron chi connectivity index (χ3n) is 2.10. The van der Waals surface area contributed by atoms with Crippen LogP contribution in [0.4, 0.5) is 0 Å². The van der Waals surface area contributed by atoms with Gasteiger partial charge in [-0.15, -0.1) is 0 Å². The van der Waals surface area contributed by atoms with E-state index in [1.54, 1.807) is 21.1 Å². The molecule has 0 aromatic heterocycles. The van der Waals surface area contributed by atoms with Crippen LogP contribution in [0.2, 0.25) is 0 Å². The normalized spacial score (nSPS) is 10.7. The van der Waals surface area contributed by atoms with Gasteiger partial charge in [-0.2, -0.15) is 0 Å². The van der Waals surface area contributed by atoms with Crippen molar-refractivity contribution in [2.75, 3.05) is 14.2 Å². The minimum Gasteiger partial charge on any atom is -0.352 e. The summed E-state index contributed by atoms with van der Waals surface area (Å²) in [5, 5.41) is 0. The second kappa shape index (κ2) is 5.63. The Kier molecular flexibility index (Phi) is 4.46. The molecule has 0 N–H and O–H groups in total. The van der Waals surface area contributed by atoms with Crippen LogP contribution in [0.15, 0.2) is 24.3 Å². The van der Waals surface area contributed by atoms with E-state index in [0.717, 1.165) is 11.1 Å². The smallest absolute Gasteiger partial charge is 0.183 e. The molecular formula is C12H16O3. The van der Waals surface area contributed by atoms with E-state index in [4.69, 9.17) is 9.47 Å². The maximum absolute atomic E-state index is 11.0. The highest BCUT2D eigenvalue weighted by molar-refractivity contribution is 5.78. The van der Waals surface area contributed by atoms with Crippen LogP contribution in [-0.2, 0) is 20.7 Å². The Bertz CT molecular complexity index is 329. The predicted molar refractivity (Wildman–Crippen MR) is 57.6 cm³/mol. The van der Waals surface area contributed by atoms with E-state index in [1.807, 2.05) is 24.3 Å². The van der Waals surface area contributed by atoms with Crippen LogP contribution >= 0.6 is 0 Å². The molecule has 0 saturated carbocycles. The molecular weight excluding hydrogens is 192 g/mol. The van der Waals surface area contributed by atoms with E-state index in [2.05, 4.69) is 0 Å². The zero-order valence-corrected chi connectivity index (χ0v) is 9.32. The molecule has 0 heterocycles. The van der Waals surface area contributed by atoms with Crippen LogP contribution in [-0.4, -0.2) is 20.0 Å². The van der Waals surface area contributed by atoms with Gasteiger partial charge in [-0.25, -0.2) is 0 Å². The molecule has 0 spiro atoms. The van der Waals surface area contributed by atoms with Crippen molar-refractivity contribution in [3.63, 3.8) is 0 Å². The lowest BCUT2D eigenvalue weighted by Crippen LogP contribution is -2.05. The van der Waals surface area contributed by atoms with Crippen molar-refractivity contribution in [2.45, 2.75) is 19.6 Å². The van der Waals surface area contributed by atoms with E-state index in [-0.39, 0.29) is 12.1 Å². The number of hydrogen-bond acceptors (Lipinski definition) is 3. The van der Waals surface area contributed by atoms with Crippen LogP contribution in [0.5, 0.6) is 0 Å². The average Bonchev–Trinajstić information content (AvgIpc) is 2.19. The maximum atomic E-state index is 11.0. The van der Waals surface area contributed by atoms with Gasteiger partial charge in [0.2, 0.25) is 0 Å². The summed E-state index contributed by atoms with van der Waals surface area (Å²) >= 11 is 0. The lowest BCUT2D eigenvalue weighted by molar-refractivity contribution is -0.116. The van der Waals surface area contributed by atoms with Crippen LogP contribution in [0.1, 0.15) is 24.3 Å². The number of ketones is 1. The molecule has 0 saturated heterocycles. The van der Waals surface area contributed by atoms with Gasteiger partial charge in [0.25, 0.3) is 0 Å². The van der Waals surface area contributed by atoms with Crippen molar-refractivity contribution in [1.82, 2.24) is 0 Å². The van der Waals surface area contributed by atoms with E-state index in [0.29, 0.717) is 6.42 Å². The largest absolute Gasteiger partial charge is 0.352 e. The quantitative estimate of drug-likeness (QED) is 0.695. The lowest BCUT2D eigenvalue weighted by Gasteiger charge is -2.14. The lowest BCUT2D eigenvalue weighted by atomic mass is 10.1. The molecule has 0 bridgehead atoms. The van der Waals surface area contributed by atoms with Gasteiger partial charge < -0.3 is 9.47 Å². The number of benzene rings is 1. The van der Waals surface area contributed by atoms with Gasteiger partial charge in [-0.1, -0.05) is 24.3 Å². The summed E-state index contributed by atoms with van der Waals surface area (Å²) in [5.74, 6) is 0.151. The van der Waals surface area contributed by atoms with E-state index in [9.17, 15) is 4.79 Å². The predicted octanol–water partition coefficient (Wildman–Crippen LogP) is 2.11. The molecule has 0 aliphatic heterocycles. The molecule has 0 amide bonds. The Balaban J connectivity index is 2.86. The Morgan fingerprint density at radius 1 is 1.33 bits per heavy atom. The summed E-state index contributed by atoms with van der Waals surface area (Å²) in [6.07, 6.45) is 0.0884. The van der Waals surface area contributed by atoms with Crippen molar-refractivity contribution >= 4 is 5.78 Å². The molecule has 0 aliphatic carbocycles. The number of hydrogen-bond donors (Lipinski definition) is 0. The molecule has 1 aromatic rings. The highest BCUT2D eigenvalue weighted by atomic mass is 16.7.